The first-order chi connectivity index (χ1) is 12.7. The maximum Gasteiger partial charge on any atom is 0.0723 e. The first-order valence-electron chi connectivity index (χ1n) is 9.07. The third-order valence-corrected chi connectivity index (χ3v) is 4.89. The van der Waals surface area contributed by atoms with E-state index in [2.05, 4.69) is 51.7 Å². The Morgan fingerprint density at radius 3 is 2.77 bits per heavy atom. The molecule has 0 unspecified atom stereocenters. The second-order valence-electron chi connectivity index (χ2n) is 6.81. The molecule has 2 aromatic carbocycles. The zero-order valence-electron chi connectivity index (χ0n) is 14.9. The van der Waals surface area contributed by atoms with Crippen LogP contribution in [0.15, 0.2) is 54.7 Å². The Labute approximate surface area is 153 Å². The van der Waals surface area contributed by atoms with Crippen molar-refractivity contribution in [1.82, 2.24) is 10.3 Å². The van der Waals surface area contributed by atoms with Gasteiger partial charge in [-0.15, -0.1) is 0 Å². The quantitative estimate of drug-likeness (QED) is 0.675. The molecule has 1 aliphatic heterocycles. The number of nitrogens with zero attached hydrogens (tertiary/aromatic N) is 2. The van der Waals surface area contributed by atoms with Gasteiger partial charge in [0.1, 0.15) is 0 Å². The lowest BCUT2D eigenvalue weighted by Crippen LogP contribution is -2.49. The highest BCUT2D eigenvalue weighted by Gasteiger charge is 2.16. The summed E-state index contributed by atoms with van der Waals surface area (Å²) in [5.74, 6) is 0. The molecule has 0 radical (unpaired) electrons. The number of rotatable bonds is 4. The van der Waals surface area contributed by atoms with E-state index in [1.165, 1.54) is 5.69 Å². The Kier molecular flexibility index (Phi) is 4.73. The number of anilines is 3. The number of nitrogens with one attached hydrogen (secondary N) is 2. The molecule has 4 rings (SSSR count). The molecule has 5 heteroatoms. The molecule has 1 aliphatic rings. The highest BCUT2D eigenvalue weighted by Crippen LogP contribution is 2.30. The number of para-hydroxylation sites is 1. The lowest BCUT2D eigenvalue weighted by molar-refractivity contribution is 0.282. The first-order valence-corrected chi connectivity index (χ1v) is 9.07. The van der Waals surface area contributed by atoms with Gasteiger partial charge in [-0.05, 0) is 37.3 Å². The third kappa shape index (κ3) is 3.36. The summed E-state index contributed by atoms with van der Waals surface area (Å²) in [6, 6.07) is 17.0. The maximum atomic E-state index is 9.70. The van der Waals surface area contributed by atoms with Crippen molar-refractivity contribution in [2.75, 3.05) is 29.9 Å². The Hall–Kier alpha value is -2.63. The molecule has 0 bridgehead atoms. The summed E-state index contributed by atoms with van der Waals surface area (Å²) in [6.07, 6.45) is 1.74. The van der Waals surface area contributed by atoms with Crippen LogP contribution in [0.4, 0.5) is 17.1 Å². The van der Waals surface area contributed by atoms with Gasteiger partial charge in [0.25, 0.3) is 0 Å². The van der Waals surface area contributed by atoms with Gasteiger partial charge in [0.2, 0.25) is 0 Å². The van der Waals surface area contributed by atoms with Crippen molar-refractivity contribution in [3.63, 3.8) is 0 Å². The van der Waals surface area contributed by atoms with E-state index in [4.69, 9.17) is 0 Å². The van der Waals surface area contributed by atoms with Crippen molar-refractivity contribution in [3.05, 3.63) is 60.3 Å². The van der Waals surface area contributed by atoms with Crippen LogP contribution in [-0.2, 0) is 6.61 Å². The lowest BCUT2D eigenvalue weighted by Gasteiger charge is -2.33. The fourth-order valence-electron chi connectivity index (χ4n) is 3.52. The number of benzene rings is 2. The Bertz CT molecular complexity index is 894. The number of hydrogen-bond acceptors (Lipinski definition) is 5. The Balaban J connectivity index is 1.61. The van der Waals surface area contributed by atoms with Crippen LogP contribution in [-0.4, -0.2) is 35.8 Å². The number of piperazine rings is 1. The molecule has 1 saturated heterocycles. The maximum absolute atomic E-state index is 9.70. The van der Waals surface area contributed by atoms with Gasteiger partial charge in [-0.1, -0.05) is 18.2 Å². The fourth-order valence-corrected chi connectivity index (χ4v) is 3.52. The fraction of sp³-hybridized carbons (Fsp3) is 0.286. The molecule has 134 valence electrons. The van der Waals surface area contributed by atoms with E-state index in [1.54, 1.807) is 6.20 Å². The molecule has 1 fully saturated rings. The topological polar surface area (TPSA) is 60.4 Å². The predicted molar refractivity (Wildman–Crippen MR) is 107 cm³/mol. The predicted octanol–water partition coefficient (Wildman–Crippen LogP) is 3.27. The Morgan fingerprint density at radius 1 is 1.19 bits per heavy atom. The molecule has 0 spiro atoms. The summed E-state index contributed by atoms with van der Waals surface area (Å²) in [6.45, 7) is 5.24. The van der Waals surface area contributed by atoms with E-state index in [9.17, 15) is 5.11 Å². The minimum atomic E-state index is -0.0447. The molecule has 2 heterocycles. The van der Waals surface area contributed by atoms with E-state index < -0.39 is 0 Å². The van der Waals surface area contributed by atoms with Crippen LogP contribution in [0.2, 0.25) is 0 Å². The summed E-state index contributed by atoms with van der Waals surface area (Å²) in [5.41, 5.74) is 4.87. The van der Waals surface area contributed by atoms with Crippen molar-refractivity contribution in [2.45, 2.75) is 19.6 Å². The van der Waals surface area contributed by atoms with Crippen molar-refractivity contribution < 1.29 is 5.11 Å². The molecule has 3 N–H and O–H groups in total. The molecule has 26 heavy (non-hydrogen) atoms. The van der Waals surface area contributed by atoms with Gasteiger partial charge < -0.3 is 20.6 Å². The van der Waals surface area contributed by atoms with Gasteiger partial charge in [-0.25, -0.2) is 0 Å². The smallest absolute Gasteiger partial charge is 0.0723 e. The lowest BCUT2D eigenvalue weighted by atomic mass is 10.1. The molecule has 5 nitrogen and oxygen atoms in total. The van der Waals surface area contributed by atoms with Crippen LogP contribution in [0, 0.1) is 0 Å². The highest BCUT2D eigenvalue weighted by atomic mass is 16.3. The highest BCUT2D eigenvalue weighted by molar-refractivity contribution is 5.94. The molecule has 3 aromatic rings. The van der Waals surface area contributed by atoms with Crippen molar-refractivity contribution in [1.29, 1.82) is 0 Å². The van der Waals surface area contributed by atoms with Gasteiger partial charge >= 0.3 is 0 Å². The summed E-state index contributed by atoms with van der Waals surface area (Å²) in [7, 11) is 0. The van der Waals surface area contributed by atoms with Gasteiger partial charge in [0.15, 0.2) is 0 Å². The normalized spacial score (nSPS) is 17.5. The van der Waals surface area contributed by atoms with Crippen molar-refractivity contribution in [3.8, 4) is 0 Å². The number of aromatic nitrogens is 1. The van der Waals surface area contributed by atoms with Gasteiger partial charge in [0.05, 0.1) is 17.8 Å². The molecule has 0 saturated carbocycles. The molecule has 0 aliphatic carbocycles. The van der Waals surface area contributed by atoms with Crippen LogP contribution in [0.5, 0.6) is 0 Å². The van der Waals surface area contributed by atoms with E-state index >= 15 is 0 Å². The molecule has 1 aromatic heterocycles. The average Bonchev–Trinajstić information content (AvgIpc) is 2.69. The molecular formula is C21H24N4O. The zero-order valence-corrected chi connectivity index (χ0v) is 14.9. The number of fused-ring (bicyclic) bond motifs is 1. The number of pyridine rings is 1. The number of aliphatic hydroxyl groups is 1. The molecule has 1 atom stereocenters. The van der Waals surface area contributed by atoms with Gasteiger partial charge in [-0.2, -0.15) is 0 Å². The van der Waals surface area contributed by atoms with Crippen LogP contribution < -0.4 is 15.5 Å². The van der Waals surface area contributed by atoms with Crippen LogP contribution >= 0.6 is 0 Å². The minimum absolute atomic E-state index is 0.0447. The van der Waals surface area contributed by atoms with Crippen LogP contribution in [0.25, 0.3) is 10.9 Å². The van der Waals surface area contributed by atoms with Crippen molar-refractivity contribution >= 4 is 28.0 Å². The number of aliphatic hydroxyl groups excluding tert-OH is 1. The summed E-state index contributed by atoms with van der Waals surface area (Å²) >= 11 is 0. The van der Waals surface area contributed by atoms with Crippen molar-refractivity contribution in [2.24, 2.45) is 0 Å². The van der Waals surface area contributed by atoms with Crippen LogP contribution in [0.3, 0.4) is 0 Å². The van der Waals surface area contributed by atoms with E-state index in [0.717, 1.165) is 47.5 Å². The standard InChI is InChI=1S/C21H24N4O/c1-15-13-25(11-10-22-15)18-8-6-17(7-9-18)24-21-16(14-26)12-23-20-5-3-2-4-19(20)21/h2-9,12,15,22,26H,10-11,13-14H2,1H3,(H,23,24)/t15-/m1/s1. The Morgan fingerprint density at radius 2 is 2.00 bits per heavy atom. The largest absolute Gasteiger partial charge is 0.392 e. The second-order valence-corrected chi connectivity index (χ2v) is 6.81. The molecule has 0 amide bonds. The first kappa shape index (κ1) is 16.8. The summed E-state index contributed by atoms with van der Waals surface area (Å²) < 4.78 is 0. The average molecular weight is 348 g/mol. The van der Waals surface area contributed by atoms with E-state index in [0.29, 0.717) is 6.04 Å². The summed E-state index contributed by atoms with van der Waals surface area (Å²) in [5, 5.41) is 17.7. The van der Waals surface area contributed by atoms with E-state index in [1.807, 2.05) is 24.3 Å². The zero-order chi connectivity index (χ0) is 17.9. The van der Waals surface area contributed by atoms with Gasteiger partial charge in [0, 0.05) is 54.2 Å². The third-order valence-electron chi connectivity index (χ3n) is 4.89. The molecular weight excluding hydrogens is 324 g/mol. The van der Waals surface area contributed by atoms with Gasteiger partial charge in [-0.3, -0.25) is 4.98 Å². The monoisotopic (exact) mass is 348 g/mol. The van der Waals surface area contributed by atoms with Crippen LogP contribution in [0.1, 0.15) is 12.5 Å². The summed E-state index contributed by atoms with van der Waals surface area (Å²) in [4.78, 5) is 6.83. The minimum Gasteiger partial charge on any atom is -0.392 e. The second kappa shape index (κ2) is 7.32. The number of hydrogen-bond donors (Lipinski definition) is 3. The SMILES string of the molecule is C[C@@H]1CN(c2ccc(Nc3c(CO)cnc4ccccc34)cc2)CCN1. The van der Waals surface area contributed by atoms with E-state index in [-0.39, 0.29) is 6.61 Å².